The number of guanidine groups is 1. The highest BCUT2D eigenvalue weighted by Crippen LogP contribution is 2.16. The van der Waals surface area contributed by atoms with Crippen LogP contribution in [0.3, 0.4) is 0 Å². The highest BCUT2D eigenvalue weighted by molar-refractivity contribution is 14.0. The van der Waals surface area contributed by atoms with Crippen LogP contribution in [0.1, 0.15) is 50.6 Å². The van der Waals surface area contributed by atoms with E-state index in [9.17, 15) is 0 Å². The Hall–Kier alpha value is -0.870. The van der Waals surface area contributed by atoms with Gasteiger partial charge in [0.05, 0.1) is 31.6 Å². The average Bonchev–Trinajstić information content (AvgIpc) is 3.28. The lowest BCUT2D eigenvalue weighted by Gasteiger charge is -2.13. The molecule has 26 heavy (non-hydrogen) atoms. The lowest BCUT2D eigenvalue weighted by atomic mass is 10.1. The molecule has 0 radical (unpaired) electrons. The largest absolute Gasteiger partial charge is 0.377 e. The van der Waals surface area contributed by atoms with Crippen molar-refractivity contribution in [3.05, 3.63) is 17.0 Å². The average molecular weight is 480 g/mol. The summed E-state index contributed by atoms with van der Waals surface area (Å²) in [6.45, 7) is 10.5. The van der Waals surface area contributed by atoms with Crippen LogP contribution in [0.4, 0.5) is 0 Å². The minimum absolute atomic E-state index is 0. The van der Waals surface area contributed by atoms with Crippen LogP contribution in [0.25, 0.3) is 0 Å². The van der Waals surface area contributed by atoms with Crippen molar-refractivity contribution in [1.29, 1.82) is 0 Å². The third-order valence-corrected chi connectivity index (χ3v) is 4.21. The van der Waals surface area contributed by atoms with Gasteiger partial charge in [0.1, 0.15) is 5.76 Å². The van der Waals surface area contributed by atoms with Crippen LogP contribution in [0.15, 0.2) is 9.52 Å². The van der Waals surface area contributed by atoms with E-state index in [0.29, 0.717) is 26.3 Å². The van der Waals surface area contributed by atoms with Gasteiger partial charge in [0.25, 0.3) is 0 Å². The van der Waals surface area contributed by atoms with Crippen LogP contribution < -0.4 is 10.6 Å². The van der Waals surface area contributed by atoms with Crippen LogP contribution in [-0.4, -0.2) is 50.1 Å². The Kier molecular flexibility index (Phi) is 11.9. The fraction of sp³-hybridized carbons (Fsp3) is 0.778. The predicted octanol–water partition coefficient (Wildman–Crippen LogP) is 2.67. The zero-order valence-electron chi connectivity index (χ0n) is 16.2. The van der Waals surface area contributed by atoms with Crippen LogP contribution in [-0.2, 0) is 28.9 Å². The summed E-state index contributed by atoms with van der Waals surface area (Å²) in [7, 11) is 0. The summed E-state index contributed by atoms with van der Waals surface area (Å²) in [6, 6.07) is 0. The van der Waals surface area contributed by atoms with Crippen molar-refractivity contribution in [2.24, 2.45) is 4.99 Å². The number of nitrogens with one attached hydrogen (secondary N) is 2. The highest BCUT2D eigenvalue weighted by atomic mass is 127. The minimum Gasteiger partial charge on any atom is -0.377 e. The van der Waals surface area contributed by atoms with Gasteiger partial charge >= 0.3 is 0 Å². The predicted molar refractivity (Wildman–Crippen MR) is 113 cm³/mol. The quantitative estimate of drug-likeness (QED) is 0.232. The Morgan fingerprint density at radius 2 is 2.12 bits per heavy atom. The SMILES string of the molecule is CCNC(=NCc1c(CC)noc1CC)NCCOCC1CCCO1.I. The van der Waals surface area contributed by atoms with Gasteiger partial charge in [-0.25, -0.2) is 4.99 Å². The molecule has 1 fully saturated rings. The van der Waals surface area contributed by atoms with Crippen molar-refractivity contribution in [2.45, 2.75) is 59.1 Å². The maximum atomic E-state index is 5.67. The number of aliphatic imine (C=N–C) groups is 1. The molecule has 0 amide bonds. The van der Waals surface area contributed by atoms with Crippen molar-refractivity contribution in [2.75, 3.05) is 32.9 Å². The fourth-order valence-electron chi connectivity index (χ4n) is 2.85. The second-order valence-corrected chi connectivity index (χ2v) is 6.07. The van der Waals surface area contributed by atoms with E-state index in [4.69, 9.17) is 14.0 Å². The molecular formula is C18H33IN4O3. The number of halogens is 1. The van der Waals surface area contributed by atoms with Gasteiger partial charge in [-0.05, 0) is 26.2 Å². The van der Waals surface area contributed by atoms with Crippen molar-refractivity contribution >= 4 is 29.9 Å². The minimum atomic E-state index is 0. The normalized spacial score (nSPS) is 17.2. The lowest BCUT2D eigenvalue weighted by molar-refractivity contribution is 0.0191. The number of hydrogen-bond donors (Lipinski definition) is 2. The number of rotatable bonds is 10. The Morgan fingerprint density at radius 1 is 1.27 bits per heavy atom. The van der Waals surface area contributed by atoms with Crippen molar-refractivity contribution in [1.82, 2.24) is 15.8 Å². The van der Waals surface area contributed by atoms with E-state index >= 15 is 0 Å². The maximum absolute atomic E-state index is 5.67. The van der Waals surface area contributed by atoms with Gasteiger partial charge in [-0.2, -0.15) is 0 Å². The molecule has 1 aromatic heterocycles. The lowest BCUT2D eigenvalue weighted by Crippen LogP contribution is -2.39. The molecule has 2 rings (SSSR count). The summed E-state index contributed by atoms with van der Waals surface area (Å²) < 4.78 is 16.6. The molecule has 1 atom stereocenters. The van der Waals surface area contributed by atoms with E-state index < -0.39 is 0 Å². The molecule has 1 saturated heterocycles. The molecule has 0 bridgehead atoms. The van der Waals surface area contributed by atoms with Gasteiger partial charge in [-0.1, -0.05) is 19.0 Å². The third-order valence-electron chi connectivity index (χ3n) is 4.21. The first-order valence-corrected chi connectivity index (χ1v) is 9.46. The summed E-state index contributed by atoms with van der Waals surface area (Å²) in [4.78, 5) is 4.66. The van der Waals surface area contributed by atoms with Gasteiger partial charge in [-0.3, -0.25) is 0 Å². The molecule has 1 aliphatic rings. The first-order valence-electron chi connectivity index (χ1n) is 9.46. The summed E-state index contributed by atoms with van der Waals surface area (Å²) in [5.74, 6) is 1.71. The van der Waals surface area contributed by atoms with E-state index in [-0.39, 0.29) is 30.1 Å². The monoisotopic (exact) mass is 480 g/mol. The van der Waals surface area contributed by atoms with E-state index in [1.54, 1.807) is 0 Å². The molecule has 1 aliphatic heterocycles. The molecule has 2 N–H and O–H groups in total. The van der Waals surface area contributed by atoms with Crippen LogP contribution in [0, 0.1) is 0 Å². The number of ether oxygens (including phenoxy) is 2. The molecule has 0 aliphatic carbocycles. The van der Waals surface area contributed by atoms with Gasteiger partial charge in [0.2, 0.25) is 0 Å². The smallest absolute Gasteiger partial charge is 0.191 e. The molecule has 0 spiro atoms. The van der Waals surface area contributed by atoms with E-state index in [0.717, 1.165) is 61.8 Å². The molecule has 0 aromatic carbocycles. The molecule has 1 unspecified atom stereocenters. The number of hydrogen-bond acceptors (Lipinski definition) is 5. The Labute approximate surface area is 173 Å². The topological polar surface area (TPSA) is 80.9 Å². The van der Waals surface area contributed by atoms with Crippen LogP contribution in [0.5, 0.6) is 0 Å². The molecule has 7 nitrogen and oxygen atoms in total. The molecular weight excluding hydrogens is 447 g/mol. The summed E-state index contributed by atoms with van der Waals surface area (Å²) >= 11 is 0. The standard InChI is InChI=1S/C18H32N4O3.HI/c1-4-16-15(17(5-2)25-22-16)12-21-18(19-6-3)20-9-11-23-13-14-8-7-10-24-14;/h14H,4-13H2,1-3H3,(H2,19,20,21);1H. The van der Waals surface area contributed by atoms with E-state index in [1.165, 1.54) is 0 Å². The van der Waals surface area contributed by atoms with E-state index in [1.807, 2.05) is 0 Å². The number of nitrogens with zero attached hydrogens (tertiary/aromatic N) is 2. The van der Waals surface area contributed by atoms with Crippen LogP contribution >= 0.6 is 24.0 Å². The zero-order chi connectivity index (χ0) is 17.9. The fourth-order valence-corrected chi connectivity index (χ4v) is 2.85. The maximum Gasteiger partial charge on any atom is 0.191 e. The Bertz CT molecular complexity index is 509. The second-order valence-electron chi connectivity index (χ2n) is 6.07. The van der Waals surface area contributed by atoms with Gasteiger partial charge in [0, 0.05) is 31.7 Å². The Balaban J connectivity index is 0.00000338. The zero-order valence-corrected chi connectivity index (χ0v) is 18.5. The first kappa shape index (κ1) is 23.2. The van der Waals surface area contributed by atoms with Gasteiger partial charge < -0.3 is 24.6 Å². The molecule has 1 aromatic rings. The van der Waals surface area contributed by atoms with Crippen molar-refractivity contribution in [3.63, 3.8) is 0 Å². The van der Waals surface area contributed by atoms with E-state index in [2.05, 4.69) is 41.6 Å². The number of aryl methyl sites for hydroxylation is 2. The molecule has 8 heteroatoms. The van der Waals surface area contributed by atoms with Gasteiger partial charge in [-0.15, -0.1) is 24.0 Å². The Morgan fingerprint density at radius 3 is 2.77 bits per heavy atom. The molecule has 0 saturated carbocycles. The summed E-state index contributed by atoms with van der Waals surface area (Å²) in [6.07, 6.45) is 4.21. The second kappa shape index (κ2) is 13.3. The summed E-state index contributed by atoms with van der Waals surface area (Å²) in [5.41, 5.74) is 2.10. The van der Waals surface area contributed by atoms with Gasteiger partial charge in [0.15, 0.2) is 5.96 Å². The molecule has 150 valence electrons. The number of aromatic nitrogens is 1. The van der Waals surface area contributed by atoms with Crippen molar-refractivity contribution in [3.8, 4) is 0 Å². The summed E-state index contributed by atoms with van der Waals surface area (Å²) in [5, 5.41) is 10.7. The third kappa shape index (κ3) is 7.40. The highest BCUT2D eigenvalue weighted by Gasteiger charge is 2.15. The van der Waals surface area contributed by atoms with Crippen molar-refractivity contribution < 1.29 is 14.0 Å². The first-order chi connectivity index (χ1) is 12.3. The van der Waals surface area contributed by atoms with Crippen LogP contribution in [0.2, 0.25) is 0 Å². The molecule has 2 heterocycles.